The van der Waals surface area contributed by atoms with Crippen molar-refractivity contribution in [3.63, 3.8) is 0 Å². The summed E-state index contributed by atoms with van der Waals surface area (Å²) in [6.07, 6.45) is 1.95. The van der Waals surface area contributed by atoms with Gasteiger partial charge in [-0.05, 0) is 31.7 Å². The van der Waals surface area contributed by atoms with Crippen LogP contribution in [0.3, 0.4) is 0 Å². The number of nitro groups is 1. The minimum Gasteiger partial charge on any atom is -0.395 e. The van der Waals surface area contributed by atoms with Crippen LogP contribution in [0.15, 0.2) is 18.2 Å². The lowest BCUT2D eigenvalue weighted by atomic mass is 10.1. The van der Waals surface area contributed by atoms with Gasteiger partial charge >= 0.3 is 0 Å². The van der Waals surface area contributed by atoms with Crippen molar-refractivity contribution in [2.45, 2.75) is 25.1 Å². The number of hydrogen-bond donors (Lipinski definition) is 2. The Balaban J connectivity index is 2.82. The predicted octanol–water partition coefficient (Wildman–Crippen LogP) is 2.43. The van der Waals surface area contributed by atoms with E-state index >= 15 is 0 Å². The number of anilines is 1. The number of nitro benzene ring substituents is 1. The molecule has 0 aliphatic carbocycles. The molecule has 18 heavy (non-hydrogen) atoms. The van der Waals surface area contributed by atoms with Gasteiger partial charge in [-0.25, -0.2) is 0 Å². The van der Waals surface area contributed by atoms with Crippen LogP contribution in [0, 0.1) is 17.0 Å². The van der Waals surface area contributed by atoms with Crippen molar-refractivity contribution in [3.05, 3.63) is 33.9 Å². The Labute approximate surface area is 111 Å². The van der Waals surface area contributed by atoms with Gasteiger partial charge in [-0.2, -0.15) is 11.8 Å². The number of non-ortho nitro benzene ring substituents is 1. The molecule has 0 amide bonds. The van der Waals surface area contributed by atoms with Crippen molar-refractivity contribution in [1.82, 2.24) is 0 Å². The van der Waals surface area contributed by atoms with E-state index in [-0.39, 0.29) is 23.6 Å². The number of nitrogens with zero attached hydrogens (tertiary/aromatic N) is 1. The summed E-state index contributed by atoms with van der Waals surface area (Å²) in [5.41, 5.74) is 1.78. The van der Waals surface area contributed by atoms with E-state index in [9.17, 15) is 15.2 Å². The molecule has 0 aliphatic heterocycles. The van der Waals surface area contributed by atoms with E-state index in [1.807, 2.05) is 20.1 Å². The third-order valence-electron chi connectivity index (χ3n) is 2.84. The van der Waals surface area contributed by atoms with Crippen LogP contribution in [-0.2, 0) is 0 Å². The van der Waals surface area contributed by atoms with Crippen LogP contribution < -0.4 is 5.32 Å². The van der Waals surface area contributed by atoms with Crippen molar-refractivity contribution in [1.29, 1.82) is 0 Å². The van der Waals surface area contributed by atoms with Crippen LogP contribution in [0.4, 0.5) is 11.4 Å². The fourth-order valence-electron chi connectivity index (χ4n) is 1.70. The zero-order chi connectivity index (χ0) is 13.7. The molecule has 2 N–H and O–H groups in total. The minimum absolute atomic E-state index is 0.0881. The maximum Gasteiger partial charge on any atom is 0.269 e. The Morgan fingerprint density at radius 1 is 1.56 bits per heavy atom. The molecule has 0 aliphatic rings. The number of rotatable bonds is 6. The molecule has 0 aromatic heterocycles. The summed E-state index contributed by atoms with van der Waals surface area (Å²) in [6, 6.07) is 4.82. The highest BCUT2D eigenvalue weighted by molar-refractivity contribution is 7.99. The van der Waals surface area contributed by atoms with Gasteiger partial charge in [0.2, 0.25) is 0 Å². The van der Waals surface area contributed by atoms with Gasteiger partial charge in [-0.1, -0.05) is 0 Å². The fourth-order valence-corrected chi connectivity index (χ4v) is 2.32. The SMILES string of the molecule is CSC(CO)C(C)Nc1ccc([N+](=O)[O-])cc1C. The average Bonchev–Trinajstić information content (AvgIpc) is 2.33. The van der Waals surface area contributed by atoms with E-state index in [2.05, 4.69) is 5.32 Å². The molecule has 1 rings (SSSR count). The first kappa shape index (κ1) is 14.8. The Bertz CT molecular complexity index is 422. The van der Waals surface area contributed by atoms with E-state index in [1.54, 1.807) is 23.9 Å². The Kier molecular flexibility index (Phi) is 5.43. The summed E-state index contributed by atoms with van der Waals surface area (Å²) in [5, 5.41) is 23.2. The van der Waals surface area contributed by atoms with Crippen molar-refractivity contribution >= 4 is 23.1 Å². The van der Waals surface area contributed by atoms with Crippen molar-refractivity contribution in [2.75, 3.05) is 18.2 Å². The zero-order valence-electron chi connectivity index (χ0n) is 10.7. The highest BCUT2D eigenvalue weighted by Gasteiger charge is 2.16. The van der Waals surface area contributed by atoms with Crippen LogP contribution in [0.1, 0.15) is 12.5 Å². The van der Waals surface area contributed by atoms with Crippen LogP contribution >= 0.6 is 11.8 Å². The van der Waals surface area contributed by atoms with Crippen LogP contribution in [-0.4, -0.2) is 34.2 Å². The summed E-state index contributed by atoms with van der Waals surface area (Å²) in [5.74, 6) is 0. The third-order valence-corrected chi connectivity index (χ3v) is 4.01. The number of aliphatic hydroxyl groups excluding tert-OH is 1. The number of aliphatic hydroxyl groups is 1. The molecule has 0 saturated heterocycles. The molecule has 0 saturated carbocycles. The van der Waals surface area contributed by atoms with Gasteiger partial charge in [0.15, 0.2) is 0 Å². The molecule has 0 spiro atoms. The molecule has 0 radical (unpaired) electrons. The van der Waals surface area contributed by atoms with Gasteiger partial charge in [0, 0.05) is 29.1 Å². The maximum absolute atomic E-state index is 10.6. The lowest BCUT2D eigenvalue weighted by molar-refractivity contribution is -0.384. The quantitative estimate of drug-likeness (QED) is 0.613. The number of nitrogens with one attached hydrogen (secondary N) is 1. The third kappa shape index (κ3) is 3.61. The fraction of sp³-hybridized carbons (Fsp3) is 0.500. The highest BCUT2D eigenvalue weighted by Crippen LogP contribution is 2.23. The van der Waals surface area contributed by atoms with E-state index in [4.69, 9.17) is 0 Å². The van der Waals surface area contributed by atoms with Crippen LogP contribution in [0.5, 0.6) is 0 Å². The van der Waals surface area contributed by atoms with Crippen molar-refractivity contribution < 1.29 is 10.0 Å². The summed E-state index contributed by atoms with van der Waals surface area (Å²) >= 11 is 1.59. The molecule has 0 bridgehead atoms. The molecular formula is C12H18N2O3S. The lowest BCUT2D eigenvalue weighted by Gasteiger charge is -2.23. The summed E-state index contributed by atoms with van der Waals surface area (Å²) in [7, 11) is 0. The van der Waals surface area contributed by atoms with Crippen LogP contribution in [0.2, 0.25) is 0 Å². The second-order valence-electron chi connectivity index (χ2n) is 4.15. The molecular weight excluding hydrogens is 252 g/mol. The standard InChI is InChI=1S/C12H18N2O3S/c1-8-6-10(14(16)17)4-5-11(8)13-9(2)12(7-15)18-3/h4-6,9,12-13,15H,7H2,1-3H3. The predicted molar refractivity (Wildman–Crippen MR) is 75.3 cm³/mol. The van der Waals surface area contributed by atoms with Crippen molar-refractivity contribution in [3.8, 4) is 0 Å². The molecule has 2 unspecified atom stereocenters. The zero-order valence-corrected chi connectivity index (χ0v) is 11.5. The number of thioether (sulfide) groups is 1. The molecule has 2 atom stereocenters. The number of aryl methyl sites for hydroxylation is 1. The maximum atomic E-state index is 10.6. The largest absolute Gasteiger partial charge is 0.395 e. The Hall–Kier alpha value is -1.27. The van der Waals surface area contributed by atoms with Crippen molar-refractivity contribution in [2.24, 2.45) is 0 Å². The average molecular weight is 270 g/mol. The smallest absolute Gasteiger partial charge is 0.269 e. The van der Waals surface area contributed by atoms with Gasteiger partial charge in [-0.3, -0.25) is 10.1 Å². The van der Waals surface area contributed by atoms with E-state index in [1.165, 1.54) is 6.07 Å². The Morgan fingerprint density at radius 2 is 2.22 bits per heavy atom. The van der Waals surface area contributed by atoms with E-state index in [0.717, 1.165) is 11.3 Å². The highest BCUT2D eigenvalue weighted by atomic mass is 32.2. The van der Waals surface area contributed by atoms with E-state index in [0.29, 0.717) is 0 Å². The van der Waals surface area contributed by atoms with Gasteiger partial charge < -0.3 is 10.4 Å². The Morgan fingerprint density at radius 3 is 2.67 bits per heavy atom. The first-order valence-corrected chi connectivity index (χ1v) is 6.93. The first-order valence-electron chi connectivity index (χ1n) is 5.64. The van der Waals surface area contributed by atoms with Gasteiger partial charge in [0.05, 0.1) is 11.5 Å². The molecule has 1 aromatic rings. The number of benzene rings is 1. The molecule has 1 aromatic carbocycles. The molecule has 100 valence electrons. The summed E-state index contributed by atoms with van der Waals surface area (Å²) < 4.78 is 0. The molecule has 0 heterocycles. The van der Waals surface area contributed by atoms with Gasteiger partial charge in [-0.15, -0.1) is 0 Å². The summed E-state index contributed by atoms with van der Waals surface area (Å²) in [6.45, 7) is 3.91. The summed E-state index contributed by atoms with van der Waals surface area (Å²) in [4.78, 5) is 10.2. The lowest BCUT2D eigenvalue weighted by Crippen LogP contribution is -2.31. The first-order chi connectivity index (χ1) is 8.49. The second kappa shape index (κ2) is 6.61. The van der Waals surface area contributed by atoms with Gasteiger partial charge in [0.1, 0.15) is 0 Å². The molecule has 0 fully saturated rings. The normalized spacial score (nSPS) is 14.0. The molecule has 6 heteroatoms. The van der Waals surface area contributed by atoms with Gasteiger partial charge in [0.25, 0.3) is 5.69 Å². The monoisotopic (exact) mass is 270 g/mol. The molecule has 5 nitrogen and oxygen atoms in total. The number of hydrogen-bond acceptors (Lipinski definition) is 5. The van der Waals surface area contributed by atoms with Crippen LogP contribution in [0.25, 0.3) is 0 Å². The topological polar surface area (TPSA) is 75.4 Å². The minimum atomic E-state index is -0.404. The second-order valence-corrected chi connectivity index (χ2v) is 5.22. The van der Waals surface area contributed by atoms with E-state index < -0.39 is 4.92 Å².